The van der Waals surface area contributed by atoms with E-state index < -0.39 is 5.41 Å². The highest BCUT2D eigenvalue weighted by molar-refractivity contribution is 5.84. The Balaban J connectivity index is 1.54. The molecule has 1 aromatic rings. The number of nitrogens with one attached hydrogen (secondary N) is 2. The van der Waals surface area contributed by atoms with E-state index in [4.69, 9.17) is 4.74 Å². The number of hydrogen-bond acceptors (Lipinski definition) is 3. The third-order valence-electron chi connectivity index (χ3n) is 6.05. The van der Waals surface area contributed by atoms with E-state index in [1.54, 1.807) is 7.11 Å². The van der Waals surface area contributed by atoms with Gasteiger partial charge in [0.2, 0.25) is 5.91 Å². The van der Waals surface area contributed by atoms with Crippen molar-refractivity contribution in [2.45, 2.75) is 64.5 Å². The van der Waals surface area contributed by atoms with Crippen molar-refractivity contribution in [3.8, 4) is 5.75 Å². The van der Waals surface area contributed by atoms with Crippen molar-refractivity contribution in [3.63, 3.8) is 0 Å². The lowest BCUT2D eigenvalue weighted by Crippen LogP contribution is -2.55. The van der Waals surface area contributed by atoms with Gasteiger partial charge in [0.15, 0.2) is 0 Å². The van der Waals surface area contributed by atoms with Crippen LogP contribution >= 0.6 is 0 Å². The topological polar surface area (TPSA) is 70.7 Å². The first-order valence-corrected chi connectivity index (χ1v) is 10.5. The Bertz CT molecular complexity index is 687. The van der Waals surface area contributed by atoms with Gasteiger partial charge in [-0.15, -0.1) is 0 Å². The van der Waals surface area contributed by atoms with Crippen molar-refractivity contribution in [1.29, 1.82) is 0 Å². The van der Waals surface area contributed by atoms with Gasteiger partial charge in [0.25, 0.3) is 0 Å². The number of hydrogen-bond donors (Lipinski definition) is 2. The Morgan fingerprint density at radius 3 is 2.75 bits per heavy atom. The van der Waals surface area contributed by atoms with E-state index in [1.807, 2.05) is 36.1 Å². The van der Waals surface area contributed by atoms with Gasteiger partial charge in [-0.2, -0.15) is 0 Å². The summed E-state index contributed by atoms with van der Waals surface area (Å²) in [5, 5.41) is 6.23. The van der Waals surface area contributed by atoms with Gasteiger partial charge in [0.05, 0.1) is 12.5 Å². The molecule has 2 fully saturated rings. The standard InChI is InChI=1S/C22H33N3O3/c1-22(20(26)23-15-17-8-6-11-19(14-17)28-2)12-7-13-25(16-22)21(27)24-18-9-4-3-5-10-18/h6,8,11,14,18H,3-5,7,9-10,12-13,15-16H2,1-2H3,(H,23,26)(H,24,27). The van der Waals surface area contributed by atoms with Crippen LogP contribution < -0.4 is 15.4 Å². The van der Waals surface area contributed by atoms with Gasteiger partial charge in [-0.05, 0) is 50.3 Å². The summed E-state index contributed by atoms with van der Waals surface area (Å²) in [7, 11) is 1.63. The van der Waals surface area contributed by atoms with E-state index in [0.717, 1.165) is 43.5 Å². The van der Waals surface area contributed by atoms with Crippen LogP contribution in [0.4, 0.5) is 4.79 Å². The summed E-state index contributed by atoms with van der Waals surface area (Å²) >= 11 is 0. The number of rotatable bonds is 5. The molecule has 1 aliphatic heterocycles. The first-order valence-electron chi connectivity index (χ1n) is 10.5. The van der Waals surface area contributed by atoms with Gasteiger partial charge >= 0.3 is 6.03 Å². The van der Waals surface area contributed by atoms with Crippen molar-refractivity contribution in [2.24, 2.45) is 5.41 Å². The summed E-state index contributed by atoms with van der Waals surface area (Å²) < 4.78 is 5.24. The highest BCUT2D eigenvalue weighted by atomic mass is 16.5. The number of amides is 3. The average molecular weight is 388 g/mol. The molecule has 0 aromatic heterocycles. The van der Waals surface area contributed by atoms with Crippen LogP contribution in [0.3, 0.4) is 0 Å². The zero-order valence-corrected chi connectivity index (χ0v) is 17.1. The number of ether oxygens (including phenoxy) is 1. The quantitative estimate of drug-likeness (QED) is 0.813. The molecule has 1 unspecified atom stereocenters. The average Bonchev–Trinajstić information content (AvgIpc) is 2.73. The van der Waals surface area contributed by atoms with E-state index in [-0.39, 0.29) is 18.0 Å². The number of piperidine rings is 1. The predicted octanol–water partition coefficient (Wildman–Crippen LogP) is 3.46. The van der Waals surface area contributed by atoms with E-state index in [2.05, 4.69) is 10.6 Å². The fourth-order valence-electron chi connectivity index (χ4n) is 4.29. The summed E-state index contributed by atoms with van der Waals surface area (Å²) in [5.41, 5.74) is 0.445. The second-order valence-electron chi connectivity index (χ2n) is 8.40. The van der Waals surface area contributed by atoms with Crippen LogP contribution in [0, 0.1) is 5.41 Å². The number of methoxy groups -OCH3 is 1. The molecule has 1 aromatic carbocycles. The molecule has 1 heterocycles. The van der Waals surface area contributed by atoms with Gasteiger partial charge in [0.1, 0.15) is 5.75 Å². The number of nitrogens with zero attached hydrogens (tertiary/aromatic N) is 1. The van der Waals surface area contributed by atoms with Crippen LogP contribution in [-0.4, -0.2) is 43.1 Å². The van der Waals surface area contributed by atoms with Crippen molar-refractivity contribution in [1.82, 2.24) is 15.5 Å². The molecule has 0 radical (unpaired) electrons. The minimum Gasteiger partial charge on any atom is -0.497 e. The highest BCUT2D eigenvalue weighted by Gasteiger charge is 2.39. The molecule has 2 N–H and O–H groups in total. The molecule has 154 valence electrons. The predicted molar refractivity (Wildman–Crippen MR) is 109 cm³/mol. The molecule has 1 aliphatic carbocycles. The summed E-state index contributed by atoms with van der Waals surface area (Å²) in [4.78, 5) is 27.4. The smallest absolute Gasteiger partial charge is 0.317 e. The molecule has 0 bridgehead atoms. The van der Waals surface area contributed by atoms with Crippen LogP contribution in [0.15, 0.2) is 24.3 Å². The van der Waals surface area contributed by atoms with Crippen molar-refractivity contribution in [3.05, 3.63) is 29.8 Å². The maximum absolute atomic E-state index is 12.9. The molecular weight excluding hydrogens is 354 g/mol. The Labute approximate surface area is 168 Å². The number of benzene rings is 1. The van der Waals surface area contributed by atoms with Crippen molar-refractivity contribution >= 4 is 11.9 Å². The largest absolute Gasteiger partial charge is 0.497 e. The molecule has 0 spiro atoms. The summed E-state index contributed by atoms with van der Waals surface area (Å²) in [6, 6.07) is 7.97. The minimum absolute atomic E-state index is 0.00508. The second-order valence-corrected chi connectivity index (χ2v) is 8.40. The Hall–Kier alpha value is -2.24. The first kappa shape index (κ1) is 20.5. The van der Waals surface area contributed by atoms with Crippen LogP contribution in [0.5, 0.6) is 5.75 Å². The monoisotopic (exact) mass is 387 g/mol. The molecule has 1 saturated carbocycles. The number of likely N-dealkylation sites (tertiary alicyclic amines) is 1. The fraction of sp³-hybridized carbons (Fsp3) is 0.636. The van der Waals surface area contributed by atoms with E-state index in [9.17, 15) is 9.59 Å². The first-order chi connectivity index (χ1) is 13.5. The Morgan fingerprint density at radius 1 is 1.21 bits per heavy atom. The third kappa shape index (κ3) is 5.18. The molecule has 2 aliphatic rings. The van der Waals surface area contributed by atoms with E-state index in [1.165, 1.54) is 19.3 Å². The van der Waals surface area contributed by atoms with Crippen molar-refractivity contribution in [2.75, 3.05) is 20.2 Å². The maximum atomic E-state index is 12.9. The summed E-state index contributed by atoms with van der Waals surface area (Å²) in [6.07, 6.45) is 7.42. The van der Waals surface area contributed by atoms with Gasteiger partial charge in [0, 0.05) is 25.7 Å². The third-order valence-corrected chi connectivity index (χ3v) is 6.05. The van der Waals surface area contributed by atoms with Gasteiger partial charge in [-0.3, -0.25) is 4.79 Å². The zero-order valence-electron chi connectivity index (χ0n) is 17.1. The van der Waals surface area contributed by atoms with Gasteiger partial charge in [-0.25, -0.2) is 4.79 Å². The highest BCUT2D eigenvalue weighted by Crippen LogP contribution is 2.30. The second kappa shape index (κ2) is 9.30. The molecular formula is C22H33N3O3. The Kier molecular flexibility index (Phi) is 6.81. The van der Waals surface area contributed by atoms with E-state index >= 15 is 0 Å². The SMILES string of the molecule is COc1cccc(CNC(=O)C2(C)CCCN(C(=O)NC3CCCCC3)C2)c1. The lowest BCUT2D eigenvalue weighted by atomic mass is 9.81. The summed E-state index contributed by atoms with van der Waals surface area (Å²) in [5.74, 6) is 0.784. The van der Waals surface area contributed by atoms with Gasteiger partial charge < -0.3 is 20.3 Å². The molecule has 6 nitrogen and oxygen atoms in total. The number of urea groups is 1. The fourth-order valence-corrected chi connectivity index (χ4v) is 4.29. The van der Waals surface area contributed by atoms with E-state index in [0.29, 0.717) is 13.1 Å². The normalized spacial score (nSPS) is 23.1. The minimum atomic E-state index is -0.555. The maximum Gasteiger partial charge on any atom is 0.317 e. The molecule has 28 heavy (non-hydrogen) atoms. The molecule has 6 heteroatoms. The molecule has 3 rings (SSSR count). The number of carbonyl (C=O) groups excluding carboxylic acids is 2. The van der Waals surface area contributed by atoms with Crippen LogP contribution in [0.1, 0.15) is 57.4 Å². The lowest BCUT2D eigenvalue weighted by Gasteiger charge is -2.40. The lowest BCUT2D eigenvalue weighted by molar-refractivity contribution is -0.132. The van der Waals surface area contributed by atoms with Crippen molar-refractivity contribution < 1.29 is 14.3 Å². The van der Waals surface area contributed by atoms with Crippen LogP contribution in [0.2, 0.25) is 0 Å². The zero-order chi connectivity index (χ0) is 20.0. The molecule has 1 atom stereocenters. The van der Waals surface area contributed by atoms with Gasteiger partial charge in [-0.1, -0.05) is 31.4 Å². The molecule has 1 saturated heterocycles. The summed E-state index contributed by atoms with van der Waals surface area (Å²) in [6.45, 7) is 3.61. The Morgan fingerprint density at radius 2 is 2.00 bits per heavy atom. The van der Waals surface area contributed by atoms with Crippen LogP contribution in [-0.2, 0) is 11.3 Å². The van der Waals surface area contributed by atoms with Crippen LogP contribution in [0.25, 0.3) is 0 Å². The molecule has 3 amide bonds. The number of carbonyl (C=O) groups is 2.